The topological polar surface area (TPSA) is 23.6 Å². The highest BCUT2D eigenvalue weighted by molar-refractivity contribution is 5.81. The van der Waals surface area contributed by atoms with Gasteiger partial charge in [0.25, 0.3) is 0 Å². The van der Waals surface area contributed by atoms with E-state index < -0.39 is 0 Å². The van der Waals surface area contributed by atoms with Crippen LogP contribution in [0.2, 0.25) is 0 Å². The number of carbonyl (C=O) groups excluding carboxylic acids is 1. The fourth-order valence-electron chi connectivity index (χ4n) is 4.75. The SMILES string of the molecule is CCCC1CCC(=O)C(CN2CCN3CCCCC3C2)C1. The van der Waals surface area contributed by atoms with Crippen LogP contribution >= 0.6 is 0 Å². The summed E-state index contributed by atoms with van der Waals surface area (Å²) in [6.45, 7) is 8.24. The first-order chi connectivity index (χ1) is 10.3. The van der Waals surface area contributed by atoms with E-state index in [1.54, 1.807) is 0 Å². The van der Waals surface area contributed by atoms with Crippen molar-refractivity contribution in [3.05, 3.63) is 0 Å². The van der Waals surface area contributed by atoms with Crippen molar-refractivity contribution < 1.29 is 4.79 Å². The molecule has 2 heterocycles. The fourth-order valence-corrected chi connectivity index (χ4v) is 4.75. The number of nitrogens with zero attached hydrogens (tertiary/aromatic N) is 2. The molecule has 0 radical (unpaired) electrons. The number of rotatable bonds is 4. The Morgan fingerprint density at radius 3 is 2.90 bits per heavy atom. The standard InChI is InChI=1S/C18H32N2O/c1-2-5-15-7-8-18(21)16(12-15)13-19-10-11-20-9-4-3-6-17(20)14-19/h15-17H,2-14H2,1H3. The smallest absolute Gasteiger partial charge is 0.137 e. The zero-order valence-electron chi connectivity index (χ0n) is 13.7. The zero-order chi connectivity index (χ0) is 14.7. The molecular weight excluding hydrogens is 260 g/mol. The van der Waals surface area contributed by atoms with Crippen molar-refractivity contribution in [3.63, 3.8) is 0 Å². The Hall–Kier alpha value is -0.410. The molecule has 0 N–H and O–H groups in total. The van der Waals surface area contributed by atoms with Gasteiger partial charge in [-0.3, -0.25) is 14.6 Å². The van der Waals surface area contributed by atoms with E-state index in [2.05, 4.69) is 16.7 Å². The third kappa shape index (κ3) is 3.87. The highest BCUT2D eigenvalue weighted by atomic mass is 16.1. The van der Waals surface area contributed by atoms with Gasteiger partial charge < -0.3 is 0 Å². The van der Waals surface area contributed by atoms with Gasteiger partial charge in [-0.05, 0) is 38.1 Å². The maximum absolute atomic E-state index is 12.3. The van der Waals surface area contributed by atoms with Crippen LogP contribution in [-0.2, 0) is 4.79 Å². The van der Waals surface area contributed by atoms with Crippen molar-refractivity contribution in [1.29, 1.82) is 0 Å². The Kier molecular flexibility index (Phi) is 5.33. The molecule has 0 aromatic rings. The molecule has 3 unspecified atom stereocenters. The van der Waals surface area contributed by atoms with Crippen LogP contribution in [0.4, 0.5) is 0 Å². The molecule has 120 valence electrons. The third-order valence-corrected chi connectivity index (χ3v) is 5.97. The largest absolute Gasteiger partial charge is 0.300 e. The number of Topliss-reactive ketones (excluding diaryl/α,β-unsaturated/α-hetero) is 1. The summed E-state index contributed by atoms with van der Waals surface area (Å²) >= 11 is 0. The van der Waals surface area contributed by atoms with Crippen LogP contribution in [0.25, 0.3) is 0 Å². The Balaban J connectivity index is 1.51. The van der Waals surface area contributed by atoms with E-state index in [9.17, 15) is 4.79 Å². The molecule has 2 aliphatic heterocycles. The van der Waals surface area contributed by atoms with E-state index in [0.29, 0.717) is 11.7 Å². The van der Waals surface area contributed by atoms with E-state index in [4.69, 9.17) is 0 Å². The normalized spacial score (nSPS) is 35.7. The number of hydrogen-bond donors (Lipinski definition) is 0. The van der Waals surface area contributed by atoms with Crippen LogP contribution < -0.4 is 0 Å². The summed E-state index contributed by atoms with van der Waals surface area (Å²) in [5.74, 6) is 1.70. The van der Waals surface area contributed by atoms with Gasteiger partial charge in [0.05, 0.1) is 0 Å². The molecule has 0 aromatic heterocycles. The minimum absolute atomic E-state index is 0.338. The maximum atomic E-state index is 12.3. The molecule has 3 fully saturated rings. The lowest BCUT2D eigenvalue weighted by Crippen LogP contribution is -2.56. The predicted octanol–water partition coefficient (Wildman–Crippen LogP) is 2.94. The zero-order valence-corrected chi connectivity index (χ0v) is 13.7. The second kappa shape index (κ2) is 7.23. The van der Waals surface area contributed by atoms with E-state index in [0.717, 1.165) is 37.8 Å². The van der Waals surface area contributed by atoms with Crippen LogP contribution in [0.1, 0.15) is 58.3 Å². The number of carbonyl (C=O) groups is 1. The molecule has 2 saturated heterocycles. The minimum atomic E-state index is 0.338. The summed E-state index contributed by atoms with van der Waals surface area (Å²) in [6.07, 6.45) is 9.90. The molecule has 1 saturated carbocycles. The van der Waals surface area contributed by atoms with E-state index in [1.165, 1.54) is 58.3 Å². The summed E-state index contributed by atoms with van der Waals surface area (Å²) in [6, 6.07) is 0.776. The van der Waals surface area contributed by atoms with Gasteiger partial charge in [-0.15, -0.1) is 0 Å². The monoisotopic (exact) mass is 292 g/mol. The van der Waals surface area contributed by atoms with Crippen LogP contribution in [0.15, 0.2) is 0 Å². The average Bonchev–Trinajstić information content (AvgIpc) is 2.51. The third-order valence-electron chi connectivity index (χ3n) is 5.97. The van der Waals surface area contributed by atoms with Gasteiger partial charge in [-0.2, -0.15) is 0 Å². The number of piperidine rings is 1. The van der Waals surface area contributed by atoms with Gasteiger partial charge in [0.1, 0.15) is 5.78 Å². The Labute approximate surface area is 130 Å². The highest BCUT2D eigenvalue weighted by Gasteiger charge is 2.33. The molecule has 0 spiro atoms. The number of piperazine rings is 1. The second-order valence-corrected chi connectivity index (χ2v) is 7.54. The van der Waals surface area contributed by atoms with E-state index in [1.807, 2.05) is 0 Å². The Morgan fingerprint density at radius 2 is 2.05 bits per heavy atom. The molecule has 0 bridgehead atoms. The summed E-state index contributed by atoms with van der Waals surface area (Å²) in [4.78, 5) is 17.5. The predicted molar refractivity (Wildman–Crippen MR) is 86.4 cm³/mol. The average molecular weight is 292 g/mol. The van der Waals surface area contributed by atoms with Crippen molar-refractivity contribution in [2.24, 2.45) is 11.8 Å². The first-order valence-electron chi connectivity index (χ1n) is 9.25. The second-order valence-electron chi connectivity index (χ2n) is 7.54. The van der Waals surface area contributed by atoms with Crippen molar-refractivity contribution in [2.45, 2.75) is 64.3 Å². The lowest BCUT2D eigenvalue weighted by molar-refractivity contribution is -0.126. The van der Waals surface area contributed by atoms with Crippen molar-refractivity contribution in [2.75, 3.05) is 32.7 Å². The van der Waals surface area contributed by atoms with Gasteiger partial charge >= 0.3 is 0 Å². The summed E-state index contributed by atoms with van der Waals surface area (Å²) in [5.41, 5.74) is 0. The molecule has 1 aliphatic carbocycles. The van der Waals surface area contributed by atoms with Crippen molar-refractivity contribution in [3.8, 4) is 0 Å². The number of fused-ring (bicyclic) bond motifs is 1. The maximum Gasteiger partial charge on any atom is 0.137 e. The first kappa shape index (κ1) is 15.5. The molecule has 21 heavy (non-hydrogen) atoms. The van der Waals surface area contributed by atoms with Crippen LogP contribution in [0.5, 0.6) is 0 Å². The van der Waals surface area contributed by atoms with Gasteiger partial charge in [-0.1, -0.05) is 26.2 Å². The summed E-state index contributed by atoms with van der Waals surface area (Å²) in [5, 5.41) is 0. The quantitative estimate of drug-likeness (QED) is 0.796. The van der Waals surface area contributed by atoms with Crippen LogP contribution in [0, 0.1) is 11.8 Å². The van der Waals surface area contributed by atoms with Crippen LogP contribution in [0.3, 0.4) is 0 Å². The van der Waals surface area contributed by atoms with E-state index in [-0.39, 0.29) is 0 Å². The molecule has 3 atom stereocenters. The summed E-state index contributed by atoms with van der Waals surface area (Å²) in [7, 11) is 0. The fraction of sp³-hybridized carbons (Fsp3) is 0.944. The molecule has 0 amide bonds. The molecule has 3 heteroatoms. The van der Waals surface area contributed by atoms with Crippen molar-refractivity contribution in [1.82, 2.24) is 9.80 Å². The lowest BCUT2D eigenvalue weighted by atomic mass is 9.78. The Morgan fingerprint density at radius 1 is 1.14 bits per heavy atom. The molecule has 3 rings (SSSR count). The van der Waals surface area contributed by atoms with Crippen LogP contribution in [-0.4, -0.2) is 54.3 Å². The van der Waals surface area contributed by atoms with Gasteiger partial charge in [0.2, 0.25) is 0 Å². The molecular formula is C18H32N2O. The van der Waals surface area contributed by atoms with E-state index >= 15 is 0 Å². The first-order valence-corrected chi connectivity index (χ1v) is 9.25. The van der Waals surface area contributed by atoms with Crippen molar-refractivity contribution >= 4 is 5.78 Å². The lowest BCUT2D eigenvalue weighted by Gasteiger charge is -2.45. The number of ketones is 1. The highest BCUT2D eigenvalue weighted by Crippen LogP contribution is 2.31. The van der Waals surface area contributed by atoms with Gasteiger partial charge in [0, 0.05) is 44.6 Å². The summed E-state index contributed by atoms with van der Waals surface area (Å²) < 4.78 is 0. The molecule has 0 aromatic carbocycles. The molecule has 3 nitrogen and oxygen atoms in total. The number of hydrogen-bond acceptors (Lipinski definition) is 3. The molecule has 3 aliphatic rings. The van der Waals surface area contributed by atoms with Gasteiger partial charge in [-0.25, -0.2) is 0 Å². The van der Waals surface area contributed by atoms with Gasteiger partial charge in [0.15, 0.2) is 0 Å². The Bertz CT molecular complexity index is 357. The minimum Gasteiger partial charge on any atom is -0.300 e.